The lowest BCUT2D eigenvalue weighted by Gasteiger charge is -2.48. The Labute approximate surface area is 84.2 Å². The van der Waals surface area contributed by atoms with Crippen LogP contribution in [0.2, 0.25) is 0 Å². The van der Waals surface area contributed by atoms with E-state index in [1.54, 1.807) is 0 Å². The summed E-state index contributed by atoms with van der Waals surface area (Å²) in [5, 5.41) is 0.519. The van der Waals surface area contributed by atoms with Crippen molar-refractivity contribution in [3.63, 3.8) is 0 Å². The van der Waals surface area contributed by atoms with Crippen molar-refractivity contribution in [2.75, 3.05) is 12.3 Å². The van der Waals surface area contributed by atoms with E-state index in [1.807, 2.05) is 16.7 Å². The average molecular weight is 283 g/mol. The number of carbonyl (C=O) groups excluding carboxylic acids is 1. The maximum atomic E-state index is 11.1. The highest BCUT2D eigenvalue weighted by molar-refractivity contribution is 14.1. The summed E-state index contributed by atoms with van der Waals surface area (Å²) < 4.78 is 0.301. The molecule has 0 aliphatic carbocycles. The van der Waals surface area contributed by atoms with Gasteiger partial charge in [0, 0.05) is 15.7 Å². The van der Waals surface area contributed by atoms with Crippen LogP contribution in [0.5, 0.6) is 0 Å². The first-order valence-corrected chi connectivity index (χ1v) is 5.81. The molecular weight excluding hydrogens is 273 g/mol. The van der Waals surface area contributed by atoms with Gasteiger partial charge >= 0.3 is 0 Å². The highest BCUT2D eigenvalue weighted by Crippen LogP contribution is 2.41. The number of fused-ring (bicyclic) bond motifs is 1. The van der Waals surface area contributed by atoms with Crippen LogP contribution in [0, 0.1) is 0 Å². The Bertz CT molecular complexity index is 207. The van der Waals surface area contributed by atoms with E-state index in [0.717, 1.165) is 13.0 Å². The molecule has 0 radical (unpaired) electrons. The van der Waals surface area contributed by atoms with Crippen LogP contribution in [0.3, 0.4) is 0 Å². The van der Waals surface area contributed by atoms with Crippen LogP contribution in [-0.2, 0) is 4.79 Å². The van der Waals surface area contributed by atoms with E-state index >= 15 is 0 Å². The lowest BCUT2D eigenvalue weighted by molar-refractivity contribution is -0.142. The zero-order valence-electron chi connectivity index (χ0n) is 6.34. The number of amides is 1. The van der Waals surface area contributed by atoms with Crippen LogP contribution in [-0.4, -0.2) is 31.9 Å². The molecule has 4 heteroatoms. The second kappa shape index (κ2) is 2.52. The minimum Gasteiger partial charge on any atom is -0.329 e. The van der Waals surface area contributed by atoms with Gasteiger partial charge in [-0.3, -0.25) is 4.79 Å². The zero-order valence-corrected chi connectivity index (χ0v) is 9.31. The fraction of sp³-hybridized carbons (Fsp3) is 0.857. The first-order chi connectivity index (χ1) is 5.08. The molecule has 2 saturated heterocycles. The molecule has 2 nitrogen and oxygen atoms in total. The van der Waals surface area contributed by atoms with Gasteiger partial charge in [0.1, 0.15) is 0 Å². The number of carbonyl (C=O) groups is 1. The van der Waals surface area contributed by atoms with Crippen molar-refractivity contribution < 1.29 is 4.79 Å². The zero-order chi connectivity index (χ0) is 8.06. The maximum Gasteiger partial charge on any atom is 0.226 e. The molecule has 0 aromatic rings. The van der Waals surface area contributed by atoms with Crippen molar-refractivity contribution in [2.24, 2.45) is 0 Å². The SMILES string of the molecule is CC1(I)CS[C@@H]2CC(=O)N2C1. The first kappa shape index (κ1) is 8.16. The van der Waals surface area contributed by atoms with Crippen molar-refractivity contribution in [1.82, 2.24) is 4.90 Å². The summed E-state index contributed by atoms with van der Waals surface area (Å²) in [6.45, 7) is 3.16. The van der Waals surface area contributed by atoms with E-state index in [0.29, 0.717) is 14.7 Å². The second-order valence-electron chi connectivity index (χ2n) is 3.40. The smallest absolute Gasteiger partial charge is 0.226 e. The van der Waals surface area contributed by atoms with Crippen molar-refractivity contribution in [2.45, 2.75) is 22.1 Å². The summed E-state index contributed by atoms with van der Waals surface area (Å²) in [6.07, 6.45) is 0.775. The molecule has 2 aliphatic rings. The van der Waals surface area contributed by atoms with Crippen molar-refractivity contribution in [3.05, 3.63) is 0 Å². The lowest BCUT2D eigenvalue weighted by Crippen LogP contribution is -2.59. The van der Waals surface area contributed by atoms with Crippen LogP contribution < -0.4 is 0 Å². The molecule has 0 N–H and O–H groups in total. The van der Waals surface area contributed by atoms with Crippen LogP contribution >= 0.6 is 34.4 Å². The number of halogens is 1. The predicted octanol–water partition coefficient (Wildman–Crippen LogP) is 1.49. The minimum absolute atomic E-state index is 0.301. The normalized spacial score (nSPS) is 43.3. The Kier molecular flexibility index (Phi) is 1.87. The standard InChI is InChI=1S/C7H10INOS/c1-7(8)3-9-5(10)2-6(9)11-4-7/h6H,2-4H2,1H3/t6-,7?/m1/s1. The van der Waals surface area contributed by atoms with Gasteiger partial charge in [-0.05, 0) is 6.92 Å². The molecule has 62 valence electrons. The van der Waals surface area contributed by atoms with E-state index in [-0.39, 0.29) is 0 Å². The molecule has 2 fully saturated rings. The number of hydrogen-bond acceptors (Lipinski definition) is 2. The molecule has 1 amide bonds. The molecule has 2 heterocycles. The summed E-state index contributed by atoms with van der Waals surface area (Å²) in [5.41, 5.74) is 0. The summed E-state index contributed by atoms with van der Waals surface area (Å²) in [5.74, 6) is 1.52. The molecule has 1 unspecified atom stereocenters. The number of β-lactam (4-membered cyclic amide) rings is 1. The van der Waals surface area contributed by atoms with Crippen molar-refractivity contribution in [3.8, 4) is 0 Å². The molecule has 2 aliphatic heterocycles. The molecule has 0 aromatic carbocycles. The Morgan fingerprint density at radius 3 is 3.09 bits per heavy atom. The lowest BCUT2D eigenvalue weighted by atomic mass is 10.1. The summed E-state index contributed by atoms with van der Waals surface area (Å²) >= 11 is 4.37. The van der Waals surface area contributed by atoms with Gasteiger partial charge in [0.25, 0.3) is 0 Å². The highest BCUT2D eigenvalue weighted by atomic mass is 127. The topological polar surface area (TPSA) is 20.3 Å². The van der Waals surface area contributed by atoms with E-state index < -0.39 is 0 Å². The fourth-order valence-electron chi connectivity index (χ4n) is 1.43. The summed E-state index contributed by atoms with van der Waals surface area (Å²) in [7, 11) is 0. The van der Waals surface area contributed by atoms with Gasteiger partial charge in [0.05, 0.1) is 11.8 Å². The van der Waals surface area contributed by atoms with Crippen LogP contribution in [0.25, 0.3) is 0 Å². The number of thioether (sulfide) groups is 1. The van der Waals surface area contributed by atoms with Crippen molar-refractivity contribution in [1.29, 1.82) is 0 Å². The average Bonchev–Trinajstić information content (AvgIpc) is 1.92. The number of nitrogens with zero attached hydrogens (tertiary/aromatic N) is 1. The fourth-order valence-corrected chi connectivity index (χ4v) is 3.61. The largest absolute Gasteiger partial charge is 0.329 e. The minimum atomic E-state index is 0.301. The van der Waals surface area contributed by atoms with Gasteiger partial charge in [-0.25, -0.2) is 0 Å². The van der Waals surface area contributed by atoms with E-state index in [2.05, 4.69) is 29.5 Å². The summed E-state index contributed by atoms with van der Waals surface area (Å²) in [6, 6.07) is 0. The number of rotatable bonds is 0. The third kappa shape index (κ3) is 1.39. The second-order valence-corrected chi connectivity index (χ2v) is 7.18. The van der Waals surface area contributed by atoms with E-state index in [9.17, 15) is 4.79 Å². The Hall–Kier alpha value is 0.550. The van der Waals surface area contributed by atoms with Gasteiger partial charge in [0.15, 0.2) is 0 Å². The Morgan fingerprint density at radius 2 is 2.55 bits per heavy atom. The van der Waals surface area contributed by atoms with Gasteiger partial charge in [-0.1, -0.05) is 22.6 Å². The van der Waals surface area contributed by atoms with Gasteiger partial charge < -0.3 is 4.90 Å². The van der Waals surface area contributed by atoms with Gasteiger partial charge in [-0.15, -0.1) is 11.8 Å². The molecular formula is C7H10INOS. The Balaban J connectivity index is 2.06. The van der Waals surface area contributed by atoms with E-state index in [1.165, 1.54) is 5.75 Å². The molecule has 11 heavy (non-hydrogen) atoms. The monoisotopic (exact) mass is 283 g/mol. The van der Waals surface area contributed by atoms with Crippen LogP contribution in [0.15, 0.2) is 0 Å². The number of alkyl halides is 1. The predicted molar refractivity (Wildman–Crippen MR) is 55.0 cm³/mol. The quantitative estimate of drug-likeness (QED) is 0.381. The van der Waals surface area contributed by atoms with Crippen LogP contribution in [0.1, 0.15) is 13.3 Å². The van der Waals surface area contributed by atoms with Crippen molar-refractivity contribution >= 4 is 40.3 Å². The highest BCUT2D eigenvalue weighted by Gasteiger charge is 2.44. The third-order valence-electron chi connectivity index (χ3n) is 2.09. The molecule has 2 rings (SSSR count). The molecule has 0 spiro atoms. The maximum absolute atomic E-state index is 11.1. The Morgan fingerprint density at radius 1 is 1.82 bits per heavy atom. The molecule has 2 atom stereocenters. The van der Waals surface area contributed by atoms with E-state index in [4.69, 9.17) is 0 Å². The molecule has 0 aromatic heterocycles. The van der Waals surface area contributed by atoms with Crippen LogP contribution in [0.4, 0.5) is 0 Å². The third-order valence-corrected chi connectivity index (χ3v) is 4.94. The van der Waals surface area contributed by atoms with Gasteiger partial charge in [-0.2, -0.15) is 0 Å². The number of hydrogen-bond donors (Lipinski definition) is 0. The molecule has 0 saturated carbocycles. The summed E-state index contributed by atoms with van der Waals surface area (Å²) in [4.78, 5) is 13.1. The van der Waals surface area contributed by atoms with Gasteiger partial charge in [0.2, 0.25) is 5.91 Å². The molecule has 0 bridgehead atoms. The first-order valence-electron chi connectivity index (χ1n) is 3.68.